The van der Waals surface area contributed by atoms with Crippen LogP contribution in [0, 0.1) is 0 Å². The monoisotopic (exact) mass is 244 g/mol. The van der Waals surface area contributed by atoms with Gasteiger partial charge in [-0.05, 0) is 39.0 Å². The maximum absolute atomic E-state index is 12.1. The summed E-state index contributed by atoms with van der Waals surface area (Å²) in [5, 5.41) is 0. The van der Waals surface area contributed by atoms with E-state index in [1.165, 1.54) is 6.42 Å². The van der Waals surface area contributed by atoms with E-state index in [0.717, 1.165) is 44.5 Å². The van der Waals surface area contributed by atoms with Gasteiger partial charge in [0, 0.05) is 21.3 Å². The van der Waals surface area contributed by atoms with Gasteiger partial charge in [0.05, 0.1) is 12.9 Å². The van der Waals surface area contributed by atoms with Crippen LogP contribution in [-0.4, -0.2) is 21.3 Å². The Balaban J connectivity index is 2.37. The third kappa shape index (κ3) is 3.62. The quantitative estimate of drug-likeness (QED) is 0.529. The van der Waals surface area contributed by atoms with Crippen molar-refractivity contribution in [2.45, 2.75) is 57.1 Å². The zero-order valence-electron chi connectivity index (χ0n) is 10.5. The summed E-state index contributed by atoms with van der Waals surface area (Å²) >= 11 is 0. The third-order valence-corrected chi connectivity index (χ3v) is 5.79. The first-order valence-electron chi connectivity index (χ1n) is 6.36. The van der Waals surface area contributed by atoms with Crippen molar-refractivity contribution < 1.29 is 8.95 Å². The summed E-state index contributed by atoms with van der Waals surface area (Å²) < 4.78 is 17.5. The van der Waals surface area contributed by atoms with Crippen LogP contribution in [0.5, 0.6) is 0 Å². The van der Waals surface area contributed by atoms with E-state index in [-0.39, 0.29) is 4.75 Å². The Labute approximate surface area is 102 Å². The van der Waals surface area contributed by atoms with Crippen molar-refractivity contribution in [1.82, 2.24) is 0 Å². The second kappa shape index (κ2) is 7.10. The zero-order chi connectivity index (χ0) is 11.9. The van der Waals surface area contributed by atoms with Crippen LogP contribution in [0.4, 0.5) is 0 Å². The van der Waals surface area contributed by atoms with Crippen molar-refractivity contribution in [3.8, 4) is 0 Å². The molecule has 0 N–H and O–H groups in total. The van der Waals surface area contributed by atoms with Crippen LogP contribution in [0.25, 0.3) is 0 Å². The van der Waals surface area contributed by atoms with E-state index in [1.54, 1.807) is 6.26 Å². The zero-order valence-corrected chi connectivity index (χ0v) is 11.4. The first-order chi connectivity index (χ1) is 7.75. The maximum atomic E-state index is 12.1. The molecule has 16 heavy (non-hydrogen) atoms. The van der Waals surface area contributed by atoms with Gasteiger partial charge in [0.2, 0.25) is 0 Å². The molecule has 3 heteroatoms. The van der Waals surface area contributed by atoms with E-state index >= 15 is 0 Å². The topological polar surface area (TPSA) is 26.3 Å². The van der Waals surface area contributed by atoms with Gasteiger partial charge < -0.3 is 4.74 Å². The lowest BCUT2D eigenvalue weighted by Gasteiger charge is -2.35. The fourth-order valence-electron chi connectivity index (χ4n) is 2.41. The van der Waals surface area contributed by atoms with Gasteiger partial charge in [0.15, 0.2) is 0 Å². The first kappa shape index (κ1) is 13.8. The molecular formula is C13H24O2S. The number of hydrogen-bond acceptors (Lipinski definition) is 2. The molecule has 0 amide bonds. The van der Waals surface area contributed by atoms with E-state index in [2.05, 4.69) is 6.92 Å². The molecule has 0 saturated carbocycles. The summed E-state index contributed by atoms with van der Waals surface area (Å²) in [6.45, 7) is 4.88. The van der Waals surface area contributed by atoms with Crippen LogP contribution in [0.1, 0.15) is 52.4 Å². The summed E-state index contributed by atoms with van der Waals surface area (Å²) in [5.74, 6) is 0.906. The molecule has 0 radical (unpaired) electrons. The smallest absolute Gasteiger partial charge is 0.0873 e. The molecule has 0 spiro atoms. The Morgan fingerprint density at radius 1 is 1.44 bits per heavy atom. The highest BCUT2D eigenvalue weighted by Gasteiger charge is 2.36. The molecule has 0 aromatic rings. The first-order valence-corrected chi connectivity index (χ1v) is 7.68. The molecule has 1 rings (SSSR count). The van der Waals surface area contributed by atoms with Gasteiger partial charge in [-0.1, -0.05) is 19.4 Å². The van der Waals surface area contributed by atoms with Gasteiger partial charge in [0.1, 0.15) is 0 Å². The molecule has 0 bridgehead atoms. The van der Waals surface area contributed by atoms with Crippen molar-refractivity contribution in [3.63, 3.8) is 0 Å². The molecule has 0 aromatic heterocycles. The minimum absolute atomic E-state index is 0.0948. The molecule has 1 fully saturated rings. The van der Waals surface area contributed by atoms with Gasteiger partial charge >= 0.3 is 0 Å². The van der Waals surface area contributed by atoms with Crippen LogP contribution >= 0.6 is 0 Å². The maximum Gasteiger partial charge on any atom is 0.0873 e. The Morgan fingerprint density at radius 2 is 2.25 bits per heavy atom. The SMILES string of the molecule is C/C=C/OCCCC1(CC)CCCCS1=O. The van der Waals surface area contributed by atoms with E-state index in [9.17, 15) is 4.21 Å². The lowest BCUT2D eigenvalue weighted by Crippen LogP contribution is -2.38. The minimum atomic E-state index is -0.617. The molecule has 0 aromatic carbocycles. The highest BCUT2D eigenvalue weighted by Crippen LogP contribution is 2.35. The predicted molar refractivity (Wildman–Crippen MR) is 69.9 cm³/mol. The number of ether oxygens (including phenoxy) is 1. The summed E-state index contributed by atoms with van der Waals surface area (Å²) in [5.41, 5.74) is 0. The van der Waals surface area contributed by atoms with Crippen molar-refractivity contribution in [1.29, 1.82) is 0 Å². The normalized spacial score (nSPS) is 30.8. The lowest BCUT2D eigenvalue weighted by molar-refractivity contribution is 0.232. The van der Waals surface area contributed by atoms with Crippen LogP contribution in [0.15, 0.2) is 12.3 Å². The third-order valence-electron chi connectivity index (χ3n) is 3.47. The van der Waals surface area contributed by atoms with Crippen molar-refractivity contribution in [2.24, 2.45) is 0 Å². The highest BCUT2D eigenvalue weighted by molar-refractivity contribution is 7.86. The van der Waals surface area contributed by atoms with Crippen molar-refractivity contribution in [3.05, 3.63) is 12.3 Å². The van der Waals surface area contributed by atoms with Crippen molar-refractivity contribution in [2.75, 3.05) is 12.4 Å². The molecule has 1 aliphatic heterocycles. The number of hydrogen-bond donors (Lipinski definition) is 0. The molecule has 1 aliphatic rings. The molecule has 1 heterocycles. The average molecular weight is 244 g/mol. The molecule has 1 saturated heterocycles. The molecule has 2 unspecified atom stereocenters. The van der Waals surface area contributed by atoms with E-state index in [4.69, 9.17) is 4.74 Å². The van der Waals surface area contributed by atoms with Gasteiger partial charge in [-0.25, -0.2) is 0 Å². The van der Waals surface area contributed by atoms with Gasteiger partial charge in [-0.3, -0.25) is 4.21 Å². The summed E-state index contributed by atoms with van der Waals surface area (Å²) in [4.78, 5) is 0. The fourth-order valence-corrected chi connectivity index (χ4v) is 4.37. The summed E-state index contributed by atoms with van der Waals surface area (Å²) in [6, 6.07) is 0. The van der Waals surface area contributed by atoms with E-state index in [0.29, 0.717) is 0 Å². The van der Waals surface area contributed by atoms with Crippen LogP contribution in [0.2, 0.25) is 0 Å². The molecular weight excluding hydrogens is 220 g/mol. The van der Waals surface area contributed by atoms with Crippen LogP contribution in [-0.2, 0) is 15.5 Å². The average Bonchev–Trinajstić information content (AvgIpc) is 2.31. The lowest BCUT2D eigenvalue weighted by atomic mass is 9.93. The van der Waals surface area contributed by atoms with E-state index in [1.807, 2.05) is 13.0 Å². The molecule has 94 valence electrons. The molecule has 0 aliphatic carbocycles. The molecule has 2 nitrogen and oxygen atoms in total. The Kier molecular flexibility index (Phi) is 6.10. The second-order valence-electron chi connectivity index (χ2n) is 4.49. The fraction of sp³-hybridized carbons (Fsp3) is 0.846. The Bertz CT molecular complexity index is 250. The molecule has 2 atom stereocenters. The van der Waals surface area contributed by atoms with Gasteiger partial charge in [0.25, 0.3) is 0 Å². The summed E-state index contributed by atoms with van der Waals surface area (Å²) in [7, 11) is -0.617. The second-order valence-corrected chi connectivity index (χ2v) is 6.45. The standard InChI is InChI=1S/C13H24O2S/c1-3-10-15-11-7-9-13(4-2)8-5-6-12-16(13)14/h3,10H,4-9,11-12H2,1-2H3/b10-3+. The number of allylic oxidation sites excluding steroid dienone is 1. The Hall–Kier alpha value is -0.310. The predicted octanol–water partition coefficient (Wildman–Crippen LogP) is 3.40. The van der Waals surface area contributed by atoms with Crippen LogP contribution in [0.3, 0.4) is 0 Å². The largest absolute Gasteiger partial charge is 0.502 e. The summed E-state index contributed by atoms with van der Waals surface area (Å²) in [6.07, 6.45) is 10.3. The van der Waals surface area contributed by atoms with Crippen LogP contribution < -0.4 is 0 Å². The minimum Gasteiger partial charge on any atom is -0.502 e. The van der Waals surface area contributed by atoms with Gasteiger partial charge in [-0.2, -0.15) is 0 Å². The number of rotatable bonds is 6. The highest BCUT2D eigenvalue weighted by atomic mass is 32.2. The van der Waals surface area contributed by atoms with Crippen molar-refractivity contribution >= 4 is 10.8 Å². The van der Waals surface area contributed by atoms with Gasteiger partial charge in [-0.15, -0.1) is 0 Å². The van der Waals surface area contributed by atoms with E-state index < -0.39 is 10.8 Å². The Morgan fingerprint density at radius 3 is 2.88 bits per heavy atom.